The van der Waals surface area contributed by atoms with Crippen molar-refractivity contribution in [2.75, 3.05) is 33.3 Å². The van der Waals surface area contributed by atoms with E-state index in [1.54, 1.807) is 12.1 Å². The van der Waals surface area contributed by atoms with Crippen molar-refractivity contribution in [3.63, 3.8) is 0 Å². The van der Waals surface area contributed by atoms with Gasteiger partial charge in [-0.25, -0.2) is 4.39 Å². The number of hydrogen-bond acceptors (Lipinski definition) is 3. The Labute approximate surface area is 131 Å². The third-order valence-corrected chi connectivity index (χ3v) is 4.08. The molecule has 1 fully saturated rings. The summed E-state index contributed by atoms with van der Waals surface area (Å²) in [6.07, 6.45) is 1.70. The molecule has 2 atom stereocenters. The molecule has 1 aliphatic heterocycles. The van der Waals surface area contributed by atoms with Crippen molar-refractivity contribution < 1.29 is 9.13 Å². The van der Waals surface area contributed by atoms with Crippen LogP contribution in [0.5, 0.6) is 0 Å². The summed E-state index contributed by atoms with van der Waals surface area (Å²) < 4.78 is 19.8. The van der Waals surface area contributed by atoms with Crippen molar-refractivity contribution in [1.29, 1.82) is 0 Å². The Bertz CT molecular complexity index is 458. The first-order valence-electron chi connectivity index (χ1n) is 7.57. The fraction of sp³-hybridized carbons (Fsp3) is 0.625. The maximum atomic E-state index is 14.0. The number of benzene rings is 1. The van der Waals surface area contributed by atoms with E-state index in [4.69, 9.17) is 16.3 Å². The van der Waals surface area contributed by atoms with Crippen LogP contribution < -0.4 is 5.32 Å². The molecule has 0 radical (unpaired) electrons. The van der Waals surface area contributed by atoms with Crippen LogP contribution in [0.25, 0.3) is 0 Å². The lowest BCUT2D eigenvalue weighted by Crippen LogP contribution is -2.52. The predicted molar refractivity (Wildman–Crippen MR) is 84.4 cm³/mol. The van der Waals surface area contributed by atoms with Gasteiger partial charge >= 0.3 is 0 Å². The van der Waals surface area contributed by atoms with Crippen molar-refractivity contribution in [3.8, 4) is 0 Å². The van der Waals surface area contributed by atoms with Crippen LogP contribution in [-0.4, -0.2) is 50.3 Å². The molecule has 0 aliphatic carbocycles. The van der Waals surface area contributed by atoms with Crippen LogP contribution in [0.1, 0.15) is 18.9 Å². The average Bonchev–Trinajstić information content (AvgIpc) is 2.47. The second-order valence-electron chi connectivity index (χ2n) is 5.67. The van der Waals surface area contributed by atoms with Gasteiger partial charge in [0.15, 0.2) is 0 Å². The lowest BCUT2D eigenvalue weighted by Gasteiger charge is -2.35. The Morgan fingerprint density at radius 3 is 3.05 bits per heavy atom. The van der Waals surface area contributed by atoms with Crippen molar-refractivity contribution in [2.45, 2.75) is 31.9 Å². The first kappa shape index (κ1) is 16.7. The van der Waals surface area contributed by atoms with Crippen molar-refractivity contribution >= 4 is 11.6 Å². The average molecular weight is 315 g/mol. The Balaban J connectivity index is 2.09. The molecule has 118 valence electrons. The molecule has 1 N–H and O–H groups in total. The van der Waals surface area contributed by atoms with E-state index in [9.17, 15) is 4.39 Å². The summed E-state index contributed by atoms with van der Waals surface area (Å²) in [5, 5.41) is 4.07. The van der Waals surface area contributed by atoms with Crippen molar-refractivity contribution in [3.05, 3.63) is 34.6 Å². The Hall–Kier alpha value is -0.680. The number of nitrogens with one attached hydrogen (secondary N) is 1. The number of ether oxygens (including phenoxy) is 1. The van der Waals surface area contributed by atoms with Gasteiger partial charge in [0.1, 0.15) is 5.82 Å². The van der Waals surface area contributed by atoms with E-state index in [-0.39, 0.29) is 18.0 Å². The van der Waals surface area contributed by atoms with Gasteiger partial charge in [0.05, 0.1) is 12.7 Å². The van der Waals surface area contributed by atoms with Crippen LogP contribution in [0.4, 0.5) is 4.39 Å². The van der Waals surface area contributed by atoms with E-state index in [2.05, 4.69) is 24.2 Å². The van der Waals surface area contributed by atoms with E-state index in [0.29, 0.717) is 17.0 Å². The standard InChI is InChI=1S/C16H24ClFN2O/c1-3-6-19-15(16-11-20(2)7-8-21-16)10-12-9-13(17)4-5-14(12)18/h4-5,9,15-16,19H,3,6-8,10-11H2,1-2H3. The highest BCUT2D eigenvalue weighted by molar-refractivity contribution is 6.30. The smallest absolute Gasteiger partial charge is 0.126 e. The van der Waals surface area contributed by atoms with Gasteiger partial charge in [-0.05, 0) is 50.2 Å². The van der Waals surface area contributed by atoms with Crippen LogP contribution in [-0.2, 0) is 11.2 Å². The Morgan fingerprint density at radius 2 is 2.33 bits per heavy atom. The number of likely N-dealkylation sites (N-methyl/N-ethyl adjacent to an activating group) is 1. The number of nitrogens with zero attached hydrogens (tertiary/aromatic N) is 1. The van der Waals surface area contributed by atoms with Gasteiger partial charge in [-0.15, -0.1) is 0 Å². The quantitative estimate of drug-likeness (QED) is 0.874. The van der Waals surface area contributed by atoms with E-state index in [0.717, 1.165) is 32.7 Å². The molecule has 2 unspecified atom stereocenters. The van der Waals surface area contributed by atoms with Crippen LogP contribution in [0.15, 0.2) is 18.2 Å². The lowest BCUT2D eigenvalue weighted by atomic mass is 9.99. The van der Waals surface area contributed by atoms with Crippen LogP contribution >= 0.6 is 11.6 Å². The fourth-order valence-corrected chi connectivity index (χ4v) is 2.85. The maximum absolute atomic E-state index is 14.0. The number of hydrogen-bond donors (Lipinski definition) is 1. The highest BCUT2D eigenvalue weighted by Gasteiger charge is 2.27. The van der Waals surface area contributed by atoms with Crippen molar-refractivity contribution in [2.24, 2.45) is 0 Å². The summed E-state index contributed by atoms with van der Waals surface area (Å²) in [5.41, 5.74) is 0.646. The third-order valence-electron chi connectivity index (χ3n) is 3.85. The van der Waals surface area contributed by atoms with Gasteiger partial charge in [0.25, 0.3) is 0 Å². The molecule has 1 aromatic carbocycles. The summed E-state index contributed by atoms with van der Waals surface area (Å²) in [7, 11) is 2.09. The number of rotatable bonds is 6. The zero-order valence-electron chi connectivity index (χ0n) is 12.7. The molecule has 0 saturated carbocycles. The Kier molecular flexibility index (Phi) is 6.42. The number of halogens is 2. The molecule has 3 nitrogen and oxygen atoms in total. The van der Waals surface area contributed by atoms with Gasteiger partial charge in [-0.1, -0.05) is 18.5 Å². The van der Waals surface area contributed by atoms with Crippen LogP contribution in [0.2, 0.25) is 5.02 Å². The topological polar surface area (TPSA) is 24.5 Å². The molecule has 2 rings (SSSR count). The lowest BCUT2D eigenvalue weighted by molar-refractivity contribution is -0.0384. The monoisotopic (exact) mass is 314 g/mol. The molecule has 1 aliphatic rings. The first-order valence-corrected chi connectivity index (χ1v) is 7.95. The Morgan fingerprint density at radius 1 is 1.52 bits per heavy atom. The van der Waals surface area contributed by atoms with Gasteiger partial charge in [-0.3, -0.25) is 0 Å². The third kappa shape index (κ3) is 4.92. The predicted octanol–water partition coefficient (Wildman–Crippen LogP) is 2.72. The van der Waals surface area contributed by atoms with Gasteiger partial charge in [-0.2, -0.15) is 0 Å². The van der Waals surface area contributed by atoms with E-state index >= 15 is 0 Å². The molecule has 1 heterocycles. The molecule has 0 aromatic heterocycles. The molecule has 1 saturated heterocycles. The van der Waals surface area contributed by atoms with Crippen LogP contribution in [0.3, 0.4) is 0 Å². The number of morpholine rings is 1. The summed E-state index contributed by atoms with van der Waals surface area (Å²) in [6.45, 7) is 5.56. The normalized spacial score (nSPS) is 21.4. The molecule has 21 heavy (non-hydrogen) atoms. The maximum Gasteiger partial charge on any atom is 0.126 e. The molecule has 0 bridgehead atoms. The minimum atomic E-state index is -0.202. The molecule has 1 aromatic rings. The molecule has 5 heteroatoms. The summed E-state index contributed by atoms with van der Waals surface area (Å²) in [5.74, 6) is -0.202. The SMILES string of the molecule is CCCNC(Cc1cc(Cl)ccc1F)C1CN(C)CCO1. The van der Waals surface area contributed by atoms with Gasteiger partial charge in [0, 0.05) is 24.2 Å². The second-order valence-corrected chi connectivity index (χ2v) is 6.11. The van der Waals surface area contributed by atoms with E-state index in [1.165, 1.54) is 6.07 Å². The second kappa shape index (κ2) is 8.08. The van der Waals surface area contributed by atoms with E-state index < -0.39 is 0 Å². The van der Waals surface area contributed by atoms with Crippen molar-refractivity contribution in [1.82, 2.24) is 10.2 Å². The first-order chi connectivity index (χ1) is 10.1. The molecule has 0 amide bonds. The minimum absolute atomic E-state index is 0.0775. The zero-order chi connectivity index (χ0) is 15.2. The minimum Gasteiger partial charge on any atom is -0.374 e. The zero-order valence-corrected chi connectivity index (χ0v) is 13.5. The van der Waals surface area contributed by atoms with Crippen LogP contribution in [0, 0.1) is 5.82 Å². The van der Waals surface area contributed by atoms with Gasteiger partial charge < -0.3 is 15.0 Å². The summed E-state index contributed by atoms with van der Waals surface area (Å²) in [4.78, 5) is 2.25. The van der Waals surface area contributed by atoms with E-state index in [1.807, 2.05) is 0 Å². The molecular formula is C16H24ClFN2O. The summed E-state index contributed by atoms with van der Waals surface area (Å²) in [6, 6.07) is 4.83. The highest BCUT2D eigenvalue weighted by Crippen LogP contribution is 2.19. The van der Waals surface area contributed by atoms with Gasteiger partial charge in [0.2, 0.25) is 0 Å². The highest BCUT2D eigenvalue weighted by atomic mass is 35.5. The molecular weight excluding hydrogens is 291 g/mol. The largest absolute Gasteiger partial charge is 0.374 e. The molecule has 0 spiro atoms. The summed E-state index contributed by atoms with van der Waals surface area (Å²) >= 11 is 5.99. The fourth-order valence-electron chi connectivity index (χ4n) is 2.66.